The van der Waals surface area contributed by atoms with Crippen LogP contribution in [0.3, 0.4) is 0 Å². The summed E-state index contributed by atoms with van der Waals surface area (Å²) in [5, 5.41) is 29.2. The van der Waals surface area contributed by atoms with Gasteiger partial charge in [0.25, 0.3) is 11.6 Å². The third-order valence-corrected chi connectivity index (χ3v) is 6.15. The van der Waals surface area contributed by atoms with Crippen LogP contribution < -0.4 is 0 Å². The van der Waals surface area contributed by atoms with E-state index in [1.54, 1.807) is 28.6 Å². The van der Waals surface area contributed by atoms with Crippen molar-refractivity contribution >= 4 is 23.4 Å². The molecular weight excluding hydrogens is 406 g/mol. The number of aromatic nitrogens is 3. The molecule has 11 heteroatoms. The highest BCUT2D eigenvalue weighted by Crippen LogP contribution is 2.34. The van der Waals surface area contributed by atoms with Gasteiger partial charge in [-0.1, -0.05) is 13.8 Å². The van der Waals surface area contributed by atoms with Crippen LogP contribution >= 0.6 is 11.8 Å². The summed E-state index contributed by atoms with van der Waals surface area (Å²) < 4.78 is 1.67. The Labute approximate surface area is 178 Å². The van der Waals surface area contributed by atoms with Crippen LogP contribution in [0.1, 0.15) is 24.2 Å². The number of benzene rings is 1. The Morgan fingerprint density at radius 3 is 2.53 bits per heavy atom. The maximum absolute atomic E-state index is 12.9. The Bertz CT molecular complexity index is 977. The molecule has 3 rings (SSSR count). The summed E-state index contributed by atoms with van der Waals surface area (Å²) in [4.78, 5) is 28.2. The molecule has 158 valence electrons. The molecule has 10 nitrogen and oxygen atoms in total. The van der Waals surface area contributed by atoms with Gasteiger partial charge < -0.3 is 9.47 Å². The minimum atomic E-state index is -0.492. The molecule has 2 heterocycles. The first kappa shape index (κ1) is 21.7. The van der Waals surface area contributed by atoms with Gasteiger partial charge in [-0.3, -0.25) is 19.8 Å². The normalized spacial score (nSPS) is 15.8. The molecule has 0 N–H and O–H groups in total. The third-order valence-electron chi connectivity index (χ3n) is 5.03. The van der Waals surface area contributed by atoms with E-state index in [1.807, 2.05) is 13.8 Å². The topological polar surface area (TPSA) is 121 Å². The lowest BCUT2D eigenvalue weighted by Crippen LogP contribution is -2.52. The highest BCUT2D eigenvalue weighted by atomic mass is 32.2. The molecule has 0 spiro atoms. The van der Waals surface area contributed by atoms with Gasteiger partial charge >= 0.3 is 0 Å². The number of hydrogen-bond acceptors (Lipinski definition) is 8. The molecule has 1 aromatic carbocycles. The molecule has 1 amide bonds. The standard InChI is InChI=1S/C19H23N7O3S/c1-13(2)16(11-20)24-6-8-25(9-7-24)18(27)14-4-5-17(15(10-14)26(28)29)30-19-22-21-12-23(19)3/h4-5,10,12-13,16H,6-9H2,1-3H3. The number of nitro benzene ring substituents is 1. The average molecular weight is 430 g/mol. The highest BCUT2D eigenvalue weighted by Gasteiger charge is 2.29. The lowest BCUT2D eigenvalue weighted by molar-refractivity contribution is -0.387. The van der Waals surface area contributed by atoms with Crippen molar-refractivity contribution in [2.75, 3.05) is 26.2 Å². The number of aryl methyl sites for hydroxylation is 1. The van der Waals surface area contributed by atoms with Crippen molar-refractivity contribution in [3.05, 3.63) is 40.2 Å². The molecule has 0 bridgehead atoms. The number of rotatable bonds is 6. The van der Waals surface area contributed by atoms with E-state index in [2.05, 4.69) is 21.2 Å². The molecule has 1 saturated heterocycles. The van der Waals surface area contributed by atoms with E-state index in [0.29, 0.717) is 36.2 Å². The molecule has 30 heavy (non-hydrogen) atoms. The average Bonchev–Trinajstić information content (AvgIpc) is 3.13. The van der Waals surface area contributed by atoms with Gasteiger partial charge in [0.05, 0.1) is 15.9 Å². The quantitative estimate of drug-likeness (QED) is 0.506. The zero-order valence-electron chi connectivity index (χ0n) is 17.1. The lowest BCUT2D eigenvalue weighted by atomic mass is 10.0. The van der Waals surface area contributed by atoms with E-state index in [9.17, 15) is 20.2 Å². The summed E-state index contributed by atoms with van der Waals surface area (Å²) in [7, 11) is 1.75. The minimum absolute atomic E-state index is 0.142. The number of nitro groups is 1. The van der Waals surface area contributed by atoms with Crippen LogP contribution in [0, 0.1) is 27.4 Å². The first-order valence-electron chi connectivity index (χ1n) is 9.55. The zero-order chi connectivity index (χ0) is 21.8. The number of piperazine rings is 1. The molecule has 2 aromatic rings. The van der Waals surface area contributed by atoms with E-state index in [4.69, 9.17) is 0 Å². The van der Waals surface area contributed by atoms with Gasteiger partial charge in [-0.2, -0.15) is 5.26 Å². The second-order valence-electron chi connectivity index (χ2n) is 7.41. The first-order valence-corrected chi connectivity index (χ1v) is 10.4. The molecule has 0 aliphatic carbocycles. The van der Waals surface area contributed by atoms with Crippen molar-refractivity contribution in [2.45, 2.75) is 29.9 Å². The van der Waals surface area contributed by atoms with Crippen molar-refractivity contribution in [3.8, 4) is 6.07 Å². The number of carbonyl (C=O) groups is 1. The SMILES string of the molecule is CC(C)C(C#N)N1CCN(C(=O)c2ccc(Sc3nncn3C)c([N+](=O)[O-])c2)CC1. The molecule has 0 saturated carbocycles. The van der Waals surface area contributed by atoms with Crippen molar-refractivity contribution in [3.63, 3.8) is 0 Å². The maximum atomic E-state index is 12.9. The van der Waals surface area contributed by atoms with E-state index in [-0.39, 0.29) is 29.1 Å². The number of hydrogen-bond donors (Lipinski definition) is 0. The van der Waals surface area contributed by atoms with Crippen LogP contribution in [-0.4, -0.2) is 67.6 Å². The summed E-state index contributed by atoms with van der Waals surface area (Å²) in [6, 6.07) is 6.65. The van der Waals surface area contributed by atoms with Gasteiger partial charge in [0.15, 0.2) is 5.16 Å². The number of nitrogens with zero attached hydrogens (tertiary/aromatic N) is 7. The van der Waals surface area contributed by atoms with Crippen molar-refractivity contribution in [2.24, 2.45) is 13.0 Å². The van der Waals surface area contributed by atoms with Gasteiger partial charge in [-0.25, -0.2) is 0 Å². The second-order valence-corrected chi connectivity index (χ2v) is 8.42. The third kappa shape index (κ3) is 4.60. The first-order chi connectivity index (χ1) is 14.3. The fraction of sp³-hybridized carbons (Fsp3) is 0.474. The predicted molar refractivity (Wildman–Crippen MR) is 110 cm³/mol. The monoisotopic (exact) mass is 429 g/mol. The van der Waals surface area contributed by atoms with E-state index in [0.717, 1.165) is 11.8 Å². The largest absolute Gasteiger partial charge is 0.336 e. The zero-order valence-corrected chi connectivity index (χ0v) is 17.9. The fourth-order valence-electron chi connectivity index (χ4n) is 3.38. The Morgan fingerprint density at radius 1 is 1.30 bits per heavy atom. The van der Waals surface area contributed by atoms with Crippen LogP contribution in [-0.2, 0) is 7.05 Å². The van der Waals surface area contributed by atoms with Gasteiger partial charge in [-0.15, -0.1) is 10.2 Å². The summed E-state index contributed by atoms with van der Waals surface area (Å²) in [6.45, 7) is 6.17. The van der Waals surface area contributed by atoms with Crippen LogP contribution in [0.4, 0.5) is 5.69 Å². The van der Waals surface area contributed by atoms with E-state index >= 15 is 0 Å². The number of nitriles is 1. The van der Waals surface area contributed by atoms with Crippen molar-refractivity contribution in [1.29, 1.82) is 5.26 Å². The van der Waals surface area contributed by atoms with E-state index < -0.39 is 4.92 Å². The summed E-state index contributed by atoms with van der Waals surface area (Å²) >= 11 is 1.13. The fourth-order valence-corrected chi connectivity index (χ4v) is 4.23. The molecular formula is C19H23N7O3S. The molecule has 1 fully saturated rings. The molecule has 1 unspecified atom stereocenters. The Kier molecular flexibility index (Phi) is 6.69. The van der Waals surface area contributed by atoms with Crippen LogP contribution in [0.5, 0.6) is 0 Å². The molecule has 1 atom stereocenters. The Morgan fingerprint density at radius 2 is 2.00 bits per heavy atom. The van der Waals surface area contributed by atoms with Gasteiger partial charge in [0.2, 0.25) is 0 Å². The van der Waals surface area contributed by atoms with Crippen LogP contribution in [0.2, 0.25) is 0 Å². The van der Waals surface area contributed by atoms with Gasteiger partial charge in [0, 0.05) is 44.9 Å². The summed E-state index contributed by atoms with van der Waals surface area (Å²) in [6.07, 6.45) is 1.52. The van der Waals surface area contributed by atoms with Gasteiger partial charge in [-0.05, 0) is 29.8 Å². The minimum Gasteiger partial charge on any atom is -0.336 e. The van der Waals surface area contributed by atoms with Crippen molar-refractivity contribution < 1.29 is 9.72 Å². The lowest BCUT2D eigenvalue weighted by Gasteiger charge is -2.38. The summed E-state index contributed by atoms with van der Waals surface area (Å²) in [5.74, 6) is -0.0372. The van der Waals surface area contributed by atoms with Crippen molar-refractivity contribution in [1.82, 2.24) is 24.6 Å². The smallest absolute Gasteiger partial charge is 0.284 e. The van der Waals surface area contributed by atoms with Crippen LogP contribution in [0.15, 0.2) is 34.6 Å². The predicted octanol–water partition coefficient (Wildman–Crippen LogP) is 2.18. The van der Waals surface area contributed by atoms with Gasteiger partial charge in [0.1, 0.15) is 12.4 Å². The number of amides is 1. The second kappa shape index (κ2) is 9.23. The Balaban J connectivity index is 1.74. The van der Waals surface area contributed by atoms with Crippen LogP contribution in [0.25, 0.3) is 0 Å². The molecule has 1 aliphatic rings. The van der Waals surface area contributed by atoms with E-state index in [1.165, 1.54) is 12.4 Å². The molecule has 1 aromatic heterocycles. The maximum Gasteiger partial charge on any atom is 0.284 e. The summed E-state index contributed by atoms with van der Waals surface area (Å²) in [5.41, 5.74) is 0.134. The Hall–Kier alpha value is -2.97. The highest BCUT2D eigenvalue weighted by molar-refractivity contribution is 7.99. The number of carbonyl (C=O) groups excluding carboxylic acids is 1. The molecule has 1 aliphatic heterocycles. The molecule has 0 radical (unpaired) electrons.